The van der Waals surface area contributed by atoms with Crippen LogP contribution in [-0.2, 0) is 0 Å². The van der Waals surface area contributed by atoms with E-state index in [-0.39, 0.29) is 11.9 Å². The van der Waals surface area contributed by atoms with Crippen molar-refractivity contribution < 1.29 is 9.13 Å². The molecule has 112 valence electrons. The number of methoxy groups -OCH3 is 1. The topological polar surface area (TPSA) is 21.3 Å². The van der Waals surface area contributed by atoms with Crippen LogP contribution < -0.4 is 10.1 Å². The van der Waals surface area contributed by atoms with Crippen molar-refractivity contribution in [1.82, 2.24) is 5.32 Å². The fourth-order valence-corrected chi connectivity index (χ4v) is 3.44. The largest absolute Gasteiger partial charge is 0.495 e. The van der Waals surface area contributed by atoms with E-state index in [1.54, 1.807) is 13.2 Å². The fraction of sp³-hybridized carbons (Fsp3) is 0.250. The molecule has 2 nitrogen and oxygen atoms in total. The summed E-state index contributed by atoms with van der Waals surface area (Å²) in [5.41, 5.74) is 2.54. The lowest BCUT2D eigenvalue weighted by molar-refractivity contribution is 0.402. The van der Waals surface area contributed by atoms with E-state index in [9.17, 15) is 4.39 Å². The van der Waals surface area contributed by atoms with Gasteiger partial charge in [-0.05, 0) is 65.3 Å². The molecular weight excluding hydrogens is 357 g/mol. The van der Waals surface area contributed by atoms with Crippen LogP contribution in [0.15, 0.2) is 34.8 Å². The van der Waals surface area contributed by atoms with Crippen molar-refractivity contribution in [2.45, 2.75) is 13.0 Å². The highest BCUT2D eigenvalue weighted by Crippen LogP contribution is 2.38. The molecule has 0 fully saturated rings. The summed E-state index contributed by atoms with van der Waals surface area (Å²) in [5, 5.41) is 3.78. The molecule has 1 N–H and O–H groups in total. The second-order valence-electron chi connectivity index (χ2n) is 4.79. The van der Waals surface area contributed by atoms with E-state index in [0.717, 1.165) is 21.2 Å². The molecule has 2 aromatic carbocycles. The van der Waals surface area contributed by atoms with Crippen molar-refractivity contribution in [2.24, 2.45) is 0 Å². The van der Waals surface area contributed by atoms with E-state index < -0.39 is 0 Å². The lowest BCUT2D eigenvalue weighted by Crippen LogP contribution is -2.19. The zero-order valence-corrected chi connectivity index (χ0v) is 14.3. The van der Waals surface area contributed by atoms with Crippen LogP contribution in [0.1, 0.15) is 22.7 Å². The maximum absolute atomic E-state index is 13.7. The first-order chi connectivity index (χ1) is 9.96. The molecule has 0 amide bonds. The average molecular weight is 373 g/mol. The number of nitrogens with one attached hydrogen (secondary N) is 1. The molecule has 0 spiro atoms. The first-order valence-corrected chi connectivity index (χ1v) is 7.60. The normalized spacial score (nSPS) is 12.3. The van der Waals surface area contributed by atoms with E-state index in [4.69, 9.17) is 16.3 Å². The minimum atomic E-state index is -0.259. The predicted octanol–water partition coefficient (Wildman–Crippen LogP) is 4.87. The SMILES string of the molecule is CNC(c1cc(C)cc(F)c1)c1cc(Cl)cc(Br)c1OC. The molecule has 1 atom stereocenters. The van der Waals surface area contributed by atoms with Crippen molar-refractivity contribution >= 4 is 27.5 Å². The number of halogens is 3. The Morgan fingerprint density at radius 1 is 1.24 bits per heavy atom. The van der Waals surface area contributed by atoms with Gasteiger partial charge < -0.3 is 10.1 Å². The second kappa shape index (κ2) is 6.77. The van der Waals surface area contributed by atoms with Crippen molar-refractivity contribution in [3.63, 3.8) is 0 Å². The van der Waals surface area contributed by atoms with Crippen LogP contribution in [0.4, 0.5) is 4.39 Å². The van der Waals surface area contributed by atoms with Crippen LogP contribution in [0.25, 0.3) is 0 Å². The molecule has 0 radical (unpaired) electrons. The Kier molecular flexibility index (Phi) is 5.25. The summed E-state index contributed by atoms with van der Waals surface area (Å²) in [7, 11) is 3.42. The standard InChI is InChI=1S/C16H16BrClFNO/c1-9-4-10(6-12(19)5-9)15(20-2)13-7-11(18)8-14(17)16(13)21-3/h4-8,15,20H,1-3H3. The van der Waals surface area contributed by atoms with Gasteiger partial charge in [0.1, 0.15) is 11.6 Å². The molecule has 0 aliphatic carbocycles. The van der Waals surface area contributed by atoms with Crippen molar-refractivity contribution in [1.29, 1.82) is 0 Å². The van der Waals surface area contributed by atoms with Crippen LogP contribution >= 0.6 is 27.5 Å². The molecule has 21 heavy (non-hydrogen) atoms. The van der Waals surface area contributed by atoms with Crippen LogP contribution in [0.2, 0.25) is 5.02 Å². The van der Waals surface area contributed by atoms with Crippen LogP contribution in [0.5, 0.6) is 5.75 Å². The van der Waals surface area contributed by atoms with Gasteiger partial charge in [0.2, 0.25) is 0 Å². The maximum Gasteiger partial charge on any atom is 0.138 e. The van der Waals surface area contributed by atoms with E-state index >= 15 is 0 Å². The summed E-state index contributed by atoms with van der Waals surface area (Å²) in [6, 6.07) is 8.34. The number of benzene rings is 2. The molecule has 0 bridgehead atoms. The molecule has 0 aromatic heterocycles. The third-order valence-electron chi connectivity index (χ3n) is 3.24. The van der Waals surface area contributed by atoms with Gasteiger partial charge in [0.05, 0.1) is 17.6 Å². The Balaban J connectivity index is 2.61. The molecule has 0 saturated carbocycles. The molecule has 5 heteroatoms. The lowest BCUT2D eigenvalue weighted by Gasteiger charge is -2.21. The second-order valence-corrected chi connectivity index (χ2v) is 6.08. The van der Waals surface area contributed by atoms with Crippen LogP contribution in [0, 0.1) is 12.7 Å². The van der Waals surface area contributed by atoms with Crippen molar-refractivity contribution in [3.05, 3.63) is 62.3 Å². The van der Waals surface area contributed by atoms with E-state index in [1.165, 1.54) is 12.1 Å². The summed E-state index contributed by atoms with van der Waals surface area (Å²) >= 11 is 9.59. The number of hydrogen-bond acceptors (Lipinski definition) is 2. The van der Waals surface area contributed by atoms with Gasteiger partial charge in [0.15, 0.2) is 0 Å². The first kappa shape index (κ1) is 16.3. The summed E-state index contributed by atoms with van der Waals surface area (Å²) in [6.45, 7) is 1.87. The summed E-state index contributed by atoms with van der Waals surface area (Å²) < 4.78 is 19.9. The first-order valence-electron chi connectivity index (χ1n) is 6.43. The molecule has 0 saturated heterocycles. The Bertz CT molecular complexity index is 643. The highest BCUT2D eigenvalue weighted by molar-refractivity contribution is 9.10. The summed E-state index contributed by atoms with van der Waals surface area (Å²) in [4.78, 5) is 0. The monoisotopic (exact) mass is 371 g/mol. The summed E-state index contributed by atoms with van der Waals surface area (Å²) in [6.07, 6.45) is 0. The Labute approximate surface area is 137 Å². The molecule has 0 aliphatic rings. The van der Waals surface area contributed by atoms with Gasteiger partial charge >= 0.3 is 0 Å². The van der Waals surface area contributed by atoms with Crippen LogP contribution in [-0.4, -0.2) is 14.2 Å². The number of aryl methyl sites for hydroxylation is 1. The quantitative estimate of drug-likeness (QED) is 0.827. The smallest absolute Gasteiger partial charge is 0.138 e. The Morgan fingerprint density at radius 2 is 1.95 bits per heavy atom. The van der Waals surface area contributed by atoms with Gasteiger partial charge in [0, 0.05) is 10.6 Å². The summed E-state index contributed by atoms with van der Waals surface area (Å²) in [5.74, 6) is 0.422. The molecule has 2 rings (SSSR count). The Hall–Kier alpha value is -1.10. The molecule has 0 aliphatic heterocycles. The molecule has 1 unspecified atom stereocenters. The van der Waals surface area contributed by atoms with E-state index in [0.29, 0.717) is 10.8 Å². The third kappa shape index (κ3) is 3.57. The predicted molar refractivity (Wildman–Crippen MR) is 87.7 cm³/mol. The van der Waals surface area contributed by atoms with Gasteiger partial charge in [-0.1, -0.05) is 17.7 Å². The van der Waals surface area contributed by atoms with Crippen molar-refractivity contribution in [3.8, 4) is 5.75 Å². The molecule has 0 heterocycles. The van der Waals surface area contributed by atoms with E-state index in [1.807, 2.05) is 26.1 Å². The zero-order chi connectivity index (χ0) is 15.6. The lowest BCUT2D eigenvalue weighted by atomic mass is 9.96. The number of ether oxygens (including phenoxy) is 1. The maximum atomic E-state index is 13.7. The number of rotatable bonds is 4. The number of hydrogen-bond donors (Lipinski definition) is 1. The average Bonchev–Trinajstić information content (AvgIpc) is 2.38. The van der Waals surface area contributed by atoms with Gasteiger partial charge in [-0.2, -0.15) is 0 Å². The highest BCUT2D eigenvalue weighted by Gasteiger charge is 2.20. The third-order valence-corrected chi connectivity index (χ3v) is 4.05. The minimum Gasteiger partial charge on any atom is -0.495 e. The highest BCUT2D eigenvalue weighted by atomic mass is 79.9. The van der Waals surface area contributed by atoms with Crippen molar-refractivity contribution in [2.75, 3.05) is 14.2 Å². The van der Waals surface area contributed by atoms with Gasteiger partial charge in [-0.3, -0.25) is 0 Å². The van der Waals surface area contributed by atoms with Gasteiger partial charge in [-0.25, -0.2) is 4.39 Å². The minimum absolute atomic E-state index is 0.218. The molecule has 2 aromatic rings. The molecular formula is C16H16BrClFNO. The van der Waals surface area contributed by atoms with Crippen LogP contribution in [0.3, 0.4) is 0 Å². The van der Waals surface area contributed by atoms with E-state index in [2.05, 4.69) is 21.2 Å². The zero-order valence-electron chi connectivity index (χ0n) is 12.0. The fourth-order valence-electron chi connectivity index (χ4n) is 2.44. The Morgan fingerprint density at radius 3 is 2.52 bits per heavy atom. The van der Waals surface area contributed by atoms with Gasteiger partial charge in [0.25, 0.3) is 0 Å². The van der Waals surface area contributed by atoms with Gasteiger partial charge in [-0.15, -0.1) is 0 Å².